The topological polar surface area (TPSA) is 35.2 Å². The molecular weight excluding hydrogens is 174 g/mol. The maximum atomic E-state index is 6.19. The van der Waals surface area contributed by atoms with Crippen molar-refractivity contribution >= 4 is 0 Å². The van der Waals surface area contributed by atoms with E-state index in [1.54, 1.807) is 0 Å². The van der Waals surface area contributed by atoms with E-state index in [1.165, 1.54) is 12.8 Å². The van der Waals surface area contributed by atoms with Gasteiger partial charge in [-0.3, -0.25) is 0 Å². The zero-order valence-corrected chi connectivity index (χ0v) is 10.3. The normalized spacial score (nSPS) is 17.8. The maximum absolute atomic E-state index is 6.19. The second-order valence-electron chi connectivity index (χ2n) is 4.13. The van der Waals surface area contributed by atoms with Gasteiger partial charge < -0.3 is 10.5 Å². The Hall–Kier alpha value is -0.0800. The van der Waals surface area contributed by atoms with Crippen LogP contribution in [-0.2, 0) is 4.74 Å². The summed E-state index contributed by atoms with van der Waals surface area (Å²) < 4.78 is 5.69. The molecule has 0 saturated carbocycles. The van der Waals surface area contributed by atoms with Crippen LogP contribution >= 0.6 is 0 Å². The number of hydrogen-bond acceptors (Lipinski definition) is 2. The van der Waals surface area contributed by atoms with E-state index in [4.69, 9.17) is 10.5 Å². The first-order valence-electron chi connectivity index (χ1n) is 6.04. The smallest absolute Gasteiger partial charge is 0.0728 e. The third-order valence-electron chi connectivity index (χ3n) is 2.78. The number of hydrogen-bond donors (Lipinski definition) is 1. The molecule has 0 amide bonds. The van der Waals surface area contributed by atoms with Crippen molar-refractivity contribution in [3.8, 4) is 0 Å². The van der Waals surface area contributed by atoms with Crippen molar-refractivity contribution in [2.75, 3.05) is 6.61 Å². The van der Waals surface area contributed by atoms with Gasteiger partial charge in [-0.25, -0.2) is 0 Å². The van der Waals surface area contributed by atoms with Crippen molar-refractivity contribution in [1.29, 1.82) is 0 Å². The van der Waals surface area contributed by atoms with Crippen LogP contribution in [-0.4, -0.2) is 18.8 Å². The summed E-state index contributed by atoms with van der Waals surface area (Å²) in [6, 6.07) is 0.204. The van der Waals surface area contributed by atoms with Crippen molar-refractivity contribution in [1.82, 2.24) is 0 Å². The highest BCUT2D eigenvalue weighted by atomic mass is 16.5. The van der Waals surface area contributed by atoms with Crippen LogP contribution < -0.4 is 5.73 Å². The van der Waals surface area contributed by atoms with E-state index in [-0.39, 0.29) is 12.1 Å². The molecule has 0 aliphatic heterocycles. The van der Waals surface area contributed by atoms with Gasteiger partial charge >= 0.3 is 0 Å². The van der Waals surface area contributed by atoms with Crippen molar-refractivity contribution < 1.29 is 4.74 Å². The summed E-state index contributed by atoms with van der Waals surface area (Å²) in [6.07, 6.45) is 4.90. The Morgan fingerprint density at radius 1 is 1.07 bits per heavy atom. The third kappa shape index (κ3) is 4.97. The third-order valence-corrected chi connectivity index (χ3v) is 2.78. The lowest BCUT2D eigenvalue weighted by atomic mass is 9.91. The molecule has 0 aliphatic carbocycles. The van der Waals surface area contributed by atoms with Crippen molar-refractivity contribution in [2.45, 2.75) is 65.5 Å². The Morgan fingerprint density at radius 3 is 2.07 bits per heavy atom. The van der Waals surface area contributed by atoms with Crippen molar-refractivity contribution in [3.63, 3.8) is 0 Å². The lowest BCUT2D eigenvalue weighted by Gasteiger charge is -2.28. The van der Waals surface area contributed by atoms with Gasteiger partial charge in [0.1, 0.15) is 0 Å². The Bertz CT molecular complexity index is 121. The van der Waals surface area contributed by atoms with Gasteiger partial charge in [0.2, 0.25) is 0 Å². The molecule has 0 aliphatic rings. The summed E-state index contributed by atoms with van der Waals surface area (Å²) >= 11 is 0. The molecule has 2 heteroatoms. The molecule has 0 rings (SSSR count). The Labute approximate surface area is 89.2 Å². The summed E-state index contributed by atoms with van der Waals surface area (Å²) in [6.45, 7) is 9.44. The van der Waals surface area contributed by atoms with E-state index in [0.29, 0.717) is 5.92 Å². The Kier molecular flexibility index (Phi) is 8.20. The Morgan fingerprint density at radius 2 is 1.64 bits per heavy atom. The van der Waals surface area contributed by atoms with Gasteiger partial charge in [-0.15, -0.1) is 0 Å². The Balaban J connectivity index is 4.03. The minimum atomic E-state index is 0.204. The average Bonchev–Trinajstić information content (AvgIpc) is 2.17. The van der Waals surface area contributed by atoms with Crippen LogP contribution in [0, 0.1) is 5.92 Å². The van der Waals surface area contributed by atoms with Crippen LogP contribution in [0.4, 0.5) is 0 Å². The minimum Gasteiger partial charge on any atom is -0.377 e. The van der Waals surface area contributed by atoms with Crippen LogP contribution in [0.2, 0.25) is 0 Å². The molecule has 2 N–H and O–H groups in total. The first kappa shape index (κ1) is 13.9. The summed E-state index contributed by atoms with van der Waals surface area (Å²) in [5.41, 5.74) is 6.19. The lowest BCUT2D eigenvalue weighted by molar-refractivity contribution is 0.0240. The quantitative estimate of drug-likeness (QED) is 0.655. The average molecular weight is 201 g/mol. The lowest BCUT2D eigenvalue weighted by Crippen LogP contribution is -2.41. The predicted octanol–water partition coefficient (Wildman–Crippen LogP) is 2.96. The molecule has 0 aromatic rings. The highest BCUT2D eigenvalue weighted by molar-refractivity contribution is 4.78. The van der Waals surface area contributed by atoms with E-state index in [0.717, 1.165) is 19.4 Å². The van der Waals surface area contributed by atoms with Gasteiger partial charge in [-0.05, 0) is 25.7 Å². The molecule has 0 aromatic carbocycles. The molecular formula is C12H27NO. The highest BCUT2D eigenvalue weighted by Gasteiger charge is 2.22. The van der Waals surface area contributed by atoms with E-state index < -0.39 is 0 Å². The van der Waals surface area contributed by atoms with Crippen molar-refractivity contribution in [2.24, 2.45) is 11.7 Å². The second kappa shape index (κ2) is 8.25. The summed E-state index contributed by atoms with van der Waals surface area (Å²) in [5.74, 6) is 0.572. The molecule has 3 atom stereocenters. The zero-order chi connectivity index (χ0) is 11.0. The molecule has 14 heavy (non-hydrogen) atoms. The molecule has 0 saturated heterocycles. The van der Waals surface area contributed by atoms with Gasteiger partial charge in [-0.2, -0.15) is 0 Å². The standard InChI is InChI=1S/C12H27NO/c1-5-8-10(4)12(13)11(9-6-2)14-7-3/h10-12H,5-9,13H2,1-4H3. The zero-order valence-electron chi connectivity index (χ0n) is 10.3. The molecule has 0 bridgehead atoms. The SMILES string of the molecule is CCCC(C)C(N)C(CCC)OCC. The first-order chi connectivity index (χ1) is 6.67. The fourth-order valence-corrected chi connectivity index (χ4v) is 1.90. The van der Waals surface area contributed by atoms with E-state index in [9.17, 15) is 0 Å². The first-order valence-corrected chi connectivity index (χ1v) is 6.04. The van der Waals surface area contributed by atoms with Crippen LogP contribution in [0.1, 0.15) is 53.4 Å². The molecule has 86 valence electrons. The fraction of sp³-hybridized carbons (Fsp3) is 1.00. The summed E-state index contributed by atoms with van der Waals surface area (Å²) in [5, 5.41) is 0. The molecule has 3 unspecified atom stereocenters. The van der Waals surface area contributed by atoms with Crippen LogP contribution in [0.25, 0.3) is 0 Å². The molecule has 0 radical (unpaired) electrons. The summed E-state index contributed by atoms with van der Waals surface area (Å²) in [7, 11) is 0. The van der Waals surface area contributed by atoms with E-state index in [2.05, 4.69) is 20.8 Å². The molecule has 2 nitrogen and oxygen atoms in total. The number of ether oxygens (including phenoxy) is 1. The largest absolute Gasteiger partial charge is 0.377 e. The monoisotopic (exact) mass is 201 g/mol. The molecule has 0 aromatic heterocycles. The van der Waals surface area contributed by atoms with Crippen LogP contribution in [0.3, 0.4) is 0 Å². The van der Waals surface area contributed by atoms with E-state index in [1.807, 2.05) is 6.92 Å². The minimum absolute atomic E-state index is 0.204. The predicted molar refractivity (Wildman–Crippen MR) is 62.4 cm³/mol. The molecule has 0 fully saturated rings. The highest BCUT2D eigenvalue weighted by Crippen LogP contribution is 2.17. The summed E-state index contributed by atoms with van der Waals surface area (Å²) in [4.78, 5) is 0. The number of rotatable bonds is 8. The second-order valence-corrected chi connectivity index (χ2v) is 4.13. The van der Waals surface area contributed by atoms with Gasteiger partial charge in [0.15, 0.2) is 0 Å². The number of nitrogens with two attached hydrogens (primary N) is 1. The van der Waals surface area contributed by atoms with Crippen LogP contribution in [0.15, 0.2) is 0 Å². The molecule has 0 heterocycles. The van der Waals surface area contributed by atoms with Crippen molar-refractivity contribution in [3.05, 3.63) is 0 Å². The molecule has 0 spiro atoms. The van der Waals surface area contributed by atoms with Gasteiger partial charge in [0.25, 0.3) is 0 Å². The van der Waals surface area contributed by atoms with Gasteiger partial charge in [0, 0.05) is 12.6 Å². The van der Waals surface area contributed by atoms with Gasteiger partial charge in [0.05, 0.1) is 6.10 Å². The van der Waals surface area contributed by atoms with E-state index >= 15 is 0 Å². The fourth-order valence-electron chi connectivity index (χ4n) is 1.90. The van der Waals surface area contributed by atoms with Gasteiger partial charge in [-0.1, -0.05) is 33.6 Å². The maximum Gasteiger partial charge on any atom is 0.0728 e. The van der Waals surface area contributed by atoms with Crippen LogP contribution in [0.5, 0.6) is 0 Å².